The molecule has 114 valence electrons. The molecule has 0 spiro atoms. The van der Waals surface area contributed by atoms with E-state index in [1.807, 2.05) is 48.5 Å². The van der Waals surface area contributed by atoms with Crippen LogP contribution in [0.15, 0.2) is 60.7 Å². The van der Waals surface area contributed by atoms with Gasteiger partial charge in [0.15, 0.2) is 0 Å². The lowest BCUT2D eigenvalue weighted by Crippen LogP contribution is -2.39. The van der Waals surface area contributed by atoms with E-state index in [1.54, 1.807) is 0 Å². The minimum Gasteiger partial charge on any atom is -0.456 e. The summed E-state index contributed by atoms with van der Waals surface area (Å²) in [6.45, 7) is 4.14. The highest BCUT2D eigenvalue weighted by Crippen LogP contribution is 2.36. The lowest BCUT2D eigenvalue weighted by Gasteiger charge is -2.21. The van der Waals surface area contributed by atoms with Gasteiger partial charge in [-0.25, -0.2) is 0 Å². The van der Waals surface area contributed by atoms with Crippen LogP contribution in [0.5, 0.6) is 0 Å². The quantitative estimate of drug-likeness (QED) is 0.875. The molecule has 0 aromatic heterocycles. The van der Waals surface area contributed by atoms with E-state index in [4.69, 9.17) is 4.74 Å². The summed E-state index contributed by atoms with van der Waals surface area (Å²) >= 11 is 0. The SMILES string of the molecule is C[C@@H]1[C@H](N[C@@H](C)c2ccccc2)C(=O)O[C@H]1c1ccccc1. The average molecular weight is 295 g/mol. The van der Waals surface area contributed by atoms with Crippen LogP contribution in [0.4, 0.5) is 0 Å². The Hall–Kier alpha value is -2.13. The van der Waals surface area contributed by atoms with Gasteiger partial charge in [0.05, 0.1) is 0 Å². The maximum absolute atomic E-state index is 12.3. The summed E-state index contributed by atoms with van der Waals surface area (Å²) in [6, 6.07) is 19.9. The molecule has 3 nitrogen and oxygen atoms in total. The Morgan fingerprint density at radius 3 is 2.23 bits per heavy atom. The fraction of sp³-hybridized carbons (Fsp3) is 0.316. The first-order valence-corrected chi connectivity index (χ1v) is 7.73. The maximum atomic E-state index is 12.3. The van der Waals surface area contributed by atoms with Gasteiger partial charge in [-0.05, 0) is 18.1 Å². The highest BCUT2D eigenvalue weighted by Gasteiger charge is 2.42. The lowest BCUT2D eigenvalue weighted by molar-refractivity contribution is -0.143. The standard InChI is InChI=1S/C19H21NO2/c1-13-17(20-14(2)15-9-5-3-6-10-15)19(21)22-18(13)16-11-7-4-8-12-16/h3-14,17-18,20H,1-2H3/t13-,14+,17+,18-/m1/s1. The normalized spacial score (nSPS) is 25.7. The average Bonchev–Trinajstić information content (AvgIpc) is 2.84. The molecule has 1 fully saturated rings. The minimum absolute atomic E-state index is 0.0982. The molecule has 1 aliphatic rings. The van der Waals surface area contributed by atoms with E-state index < -0.39 is 0 Å². The molecule has 22 heavy (non-hydrogen) atoms. The molecule has 1 N–H and O–H groups in total. The van der Waals surface area contributed by atoms with Crippen molar-refractivity contribution in [2.75, 3.05) is 0 Å². The molecule has 0 bridgehead atoms. The highest BCUT2D eigenvalue weighted by molar-refractivity contribution is 5.79. The molecule has 4 atom stereocenters. The van der Waals surface area contributed by atoms with Gasteiger partial charge in [-0.15, -0.1) is 0 Å². The van der Waals surface area contributed by atoms with Crippen molar-refractivity contribution in [3.8, 4) is 0 Å². The first kappa shape index (κ1) is 14.8. The third-order valence-electron chi connectivity index (χ3n) is 4.36. The van der Waals surface area contributed by atoms with Gasteiger partial charge < -0.3 is 4.74 Å². The number of hydrogen-bond acceptors (Lipinski definition) is 3. The first-order chi connectivity index (χ1) is 10.7. The first-order valence-electron chi connectivity index (χ1n) is 7.73. The fourth-order valence-corrected chi connectivity index (χ4v) is 3.04. The van der Waals surface area contributed by atoms with Crippen LogP contribution in [-0.2, 0) is 9.53 Å². The number of cyclic esters (lactones) is 1. The zero-order valence-electron chi connectivity index (χ0n) is 12.9. The van der Waals surface area contributed by atoms with Crippen molar-refractivity contribution in [3.63, 3.8) is 0 Å². The smallest absolute Gasteiger partial charge is 0.324 e. The predicted molar refractivity (Wildman–Crippen MR) is 86.2 cm³/mol. The Kier molecular flexibility index (Phi) is 4.25. The molecule has 3 heteroatoms. The second kappa shape index (κ2) is 6.32. The number of nitrogens with one attached hydrogen (secondary N) is 1. The Bertz CT molecular complexity index is 626. The van der Waals surface area contributed by atoms with Crippen LogP contribution in [0.1, 0.15) is 37.1 Å². The van der Waals surface area contributed by atoms with Gasteiger partial charge in [-0.2, -0.15) is 0 Å². The molecule has 1 heterocycles. The van der Waals surface area contributed by atoms with E-state index in [0.29, 0.717) is 0 Å². The number of esters is 1. The van der Waals surface area contributed by atoms with Gasteiger partial charge in [-0.1, -0.05) is 67.6 Å². The van der Waals surface area contributed by atoms with Crippen LogP contribution in [-0.4, -0.2) is 12.0 Å². The predicted octanol–water partition coefficient (Wildman–Crippen LogP) is 3.64. The molecular formula is C19H21NO2. The van der Waals surface area contributed by atoms with Crippen LogP contribution in [0.3, 0.4) is 0 Å². The van der Waals surface area contributed by atoms with E-state index in [9.17, 15) is 4.79 Å². The van der Waals surface area contributed by atoms with Gasteiger partial charge in [0, 0.05) is 12.0 Å². The van der Waals surface area contributed by atoms with Crippen molar-refractivity contribution in [2.24, 2.45) is 5.92 Å². The summed E-state index contributed by atoms with van der Waals surface area (Å²) in [5.41, 5.74) is 2.23. The molecule has 0 saturated carbocycles. The number of hydrogen-bond donors (Lipinski definition) is 1. The Morgan fingerprint density at radius 2 is 1.59 bits per heavy atom. The van der Waals surface area contributed by atoms with E-state index in [-0.39, 0.29) is 30.1 Å². The fourth-order valence-electron chi connectivity index (χ4n) is 3.04. The molecule has 0 aliphatic carbocycles. The zero-order valence-corrected chi connectivity index (χ0v) is 12.9. The van der Waals surface area contributed by atoms with Crippen LogP contribution in [0.2, 0.25) is 0 Å². The van der Waals surface area contributed by atoms with Crippen LogP contribution < -0.4 is 5.32 Å². The summed E-state index contributed by atoms with van der Waals surface area (Å²) in [6.07, 6.45) is -0.172. The number of carbonyl (C=O) groups excluding carboxylic acids is 1. The van der Waals surface area contributed by atoms with Crippen molar-refractivity contribution in [2.45, 2.75) is 32.0 Å². The topological polar surface area (TPSA) is 38.3 Å². The summed E-state index contributed by atoms with van der Waals surface area (Å²) in [4.78, 5) is 12.3. The zero-order chi connectivity index (χ0) is 15.5. The van der Waals surface area contributed by atoms with Crippen molar-refractivity contribution in [3.05, 3.63) is 71.8 Å². The molecule has 1 aliphatic heterocycles. The monoisotopic (exact) mass is 295 g/mol. The second-order valence-electron chi connectivity index (χ2n) is 5.90. The van der Waals surface area contributed by atoms with Crippen LogP contribution in [0, 0.1) is 5.92 Å². The van der Waals surface area contributed by atoms with E-state index in [1.165, 1.54) is 5.56 Å². The van der Waals surface area contributed by atoms with Gasteiger partial charge >= 0.3 is 5.97 Å². The minimum atomic E-state index is -0.277. The molecular weight excluding hydrogens is 274 g/mol. The molecule has 0 amide bonds. The summed E-state index contributed by atoms with van der Waals surface area (Å²) in [7, 11) is 0. The molecule has 2 aromatic carbocycles. The molecule has 2 aromatic rings. The molecule has 0 radical (unpaired) electrons. The third-order valence-corrected chi connectivity index (χ3v) is 4.36. The summed E-state index contributed by atoms with van der Waals surface area (Å²) in [5.74, 6) is -0.0646. The van der Waals surface area contributed by atoms with Crippen molar-refractivity contribution < 1.29 is 9.53 Å². The molecule has 0 unspecified atom stereocenters. The van der Waals surface area contributed by atoms with E-state index in [2.05, 4.69) is 31.3 Å². The number of ether oxygens (including phenoxy) is 1. The Balaban J connectivity index is 1.73. The van der Waals surface area contributed by atoms with Gasteiger partial charge in [0.1, 0.15) is 12.1 Å². The Morgan fingerprint density at radius 1 is 1.00 bits per heavy atom. The number of rotatable bonds is 4. The molecule has 3 rings (SSSR count). The second-order valence-corrected chi connectivity index (χ2v) is 5.90. The van der Waals surface area contributed by atoms with Gasteiger partial charge in [-0.3, -0.25) is 10.1 Å². The summed E-state index contributed by atoms with van der Waals surface area (Å²) in [5, 5.41) is 3.42. The number of carbonyl (C=O) groups is 1. The number of benzene rings is 2. The van der Waals surface area contributed by atoms with Gasteiger partial charge in [0.2, 0.25) is 0 Å². The highest BCUT2D eigenvalue weighted by atomic mass is 16.6. The van der Waals surface area contributed by atoms with Crippen molar-refractivity contribution >= 4 is 5.97 Å². The van der Waals surface area contributed by atoms with Crippen LogP contribution >= 0.6 is 0 Å². The molecule has 1 saturated heterocycles. The summed E-state index contributed by atoms with van der Waals surface area (Å²) < 4.78 is 5.61. The Labute approximate surface area is 131 Å². The largest absolute Gasteiger partial charge is 0.456 e. The third kappa shape index (κ3) is 2.90. The van der Waals surface area contributed by atoms with Crippen LogP contribution in [0.25, 0.3) is 0 Å². The van der Waals surface area contributed by atoms with E-state index in [0.717, 1.165) is 5.56 Å². The van der Waals surface area contributed by atoms with E-state index >= 15 is 0 Å². The van der Waals surface area contributed by atoms with Crippen molar-refractivity contribution in [1.82, 2.24) is 5.32 Å². The lowest BCUT2D eigenvalue weighted by atomic mass is 9.93. The van der Waals surface area contributed by atoms with Gasteiger partial charge in [0.25, 0.3) is 0 Å². The van der Waals surface area contributed by atoms with Crippen molar-refractivity contribution in [1.29, 1.82) is 0 Å². The maximum Gasteiger partial charge on any atom is 0.324 e.